The van der Waals surface area contributed by atoms with Crippen molar-refractivity contribution in [1.29, 1.82) is 0 Å². The molecule has 0 aliphatic heterocycles. The molecule has 4 nitrogen and oxygen atoms in total. The predicted molar refractivity (Wildman–Crippen MR) is 78.5 cm³/mol. The maximum atomic E-state index is 12.5. The molecule has 0 spiro atoms. The molecule has 0 heterocycles. The highest BCUT2D eigenvalue weighted by atomic mass is 16.5. The number of hydrogen-bond donors (Lipinski definition) is 1. The van der Waals surface area contributed by atoms with E-state index in [4.69, 9.17) is 4.74 Å². The number of benzene rings is 2. The van der Waals surface area contributed by atoms with E-state index in [0.717, 1.165) is 0 Å². The van der Waals surface area contributed by atoms with Crippen LogP contribution in [0.3, 0.4) is 0 Å². The molecule has 0 saturated carbocycles. The summed E-state index contributed by atoms with van der Waals surface area (Å²) in [6, 6.07) is 13.7. The van der Waals surface area contributed by atoms with E-state index in [1.54, 1.807) is 49.5 Å². The first kappa shape index (κ1) is 13.9. The zero-order valence-electron chi connectivity index (χ0n) is 11.5. The second kappa shape index (κ2) is 6.10. The minimum absolute atomic E-state index is 0.125. The normalized spacial score (nSPS) is 10.1. The van der Waals surface area contributed by atoms with Crippen LogP contribution in [0, 0.1) is 0 Å². The summed E-state index contributed by atoms with van der Waals surface area (Å²) in [4.78, 5) is 14.0. The lowest BCUT2D eigenvalue weighted by Crippen LogP contribution is -2.26. The Bertz CT molecular complexity index is 610. The number of ether oxygens (including phenoxy) is 1. The molecule has 0 aromatic heterocycles. The van der Waals surface area contributed by atoms with Gasteiger partial charge in [0.05, 0.1) is 12.2 Å². The van der Waals surface area contributed by atoms with E-state index in [9.17, 15) is 9.90 Å². The summed E-state index contributed by atoms with van der Waals surface area (Å²) in [5.74, 6) is 0.506. The number of anilines is 1. The Balaban J connectivity index is 2.31. The summed E-state index contributed by atoms with van der Waals surface area (Å²) in [5, 5.41) is 9.49. The van der Waals surface area contributed by atoms with Gasteiger partial charge in [-0.2, -0.15) is 0 Å². The summed E-state index contributed by atoms with van der Waals surface area (Å²) < 4.78 is 5.47. The summed E-state index contributed by atoms with van der Waals surface area (Å²) in [5.41, 5.74) is 1.13. The molecule has 0 unspecified atom stereocenters. The van der Waals surface area contributed by atoms with Crippen molar-refractivity contribution >= 4 is 11.6 Å². The number of amides is 1. The molecule has 0 fully saturated rings. The summed E-state index contributed by atoms with van der Waals surface area (Å²) >= 11 is 0. The number of rotatable bonds is 4. The van der Waals surface area contributed by atoms with Gasteiger partial charge in [0.2, 0.25) is 0 Å². The van der Waals surface area contributed by atoms with E-state index in [1.165, 1.54) is 4.90 Å². The molecule has 2 aromatic rings. The van der Waals surface area contributed by atoms with Crippen molar-refractivity contribution in [2.45, 2.75) is 6.92 Å². The van der Waals surface area contributed by atoms with Crippen LogP contribution in [0.15, 0.2) is 48.5 Å². The maximum absolute atomic E-state index is 12.5. The summed E-state index contributed by atoms with van der Waals surface area (Å²) in [7, 11) is 1.67. The van der Waals surface area contributed by atoms with Gasteiger partial charge in [0.1, 0.15) is 11.5 Å². The average Bonchev–Trinajstić information content (AvgIpc) is 2.47. The number of aromatic hydroxyl groups is 1. The van der Waals surface area contributed by atoms with Gasteiger partial charge in [0, 0.05) is 18.8 Å². The average molecular weight is 271 g/mol. The highest BCUT2D eigenvalue weighted by Gasteiger charge is 2.17. The fourth-order valence-electron chi connectivity index (χ4n) is 1.92. The number of hydrogen-bond acceptors (Lipinski definition) is 3. The summed E-state index contributed by atoms with van der Waals surface area (Å²) in [6.07, 6.45) is 0. The van der Waals surface area contributed by atoms with E-state index in [0.29, 0.717) is 23.6 Å². The van der Waals surface area contributed by atoms with Crippen LogP contribution in [0.1, 0.15) is 17.3 Å². The molecule has 0 aliphatic rings. The van der Waals surface area contributed by atoms with Crippen LogP contribution in [0.4, 0.5) is 5.69 Å². The van der Waals surface area contributed by atoms with Crippen LogP contribution in [-0.4, -0.2) is 24.7 Å². The smallest absolute Gasteiger partial charge is 0.261 e. The van der Waals surface area contributed by atoms with E-state index in [-0.39, 0.29) is 11.7 Å². The first-order valence-corrected chi connectivity index (χ1v) is 6.42. The molecule has 0 aliphatic carbocycles. The molecule has 4 heteroatoms. The lowest BCUT2D eigenvalue weighted by molar-refractivity contribution is 0.0989. The van der Waals surface area contributed by atoms with Crippen LogP contribution >= 0.6 is 0 Å². The van der Waals surface area contributed by atoms with Crippen LogP contribution in [0.25, 0.3) is 0 Å². The van der Waals surface area contributed by atoms with Crippen molar-refractivity contribution in [3.63, 3.8) is 0 Å². The van der Waals surface area contributed by atoms with Crippen molar-refractivity contribution in [2.24, 2.45) is 0 Å². The number of phenolic OH excluding ortho intramolecular Hbond substituents is 1. The predicted octanol–water partition coefficient (Wildman–Crippen LogP) is 3.07. The zero-order chi connectivity index (χ0) is 14.5. The van der Waals surface area contributed by atoms with Gasteiger partial charge in [-0.25, -0.2) is 0 Å². The second-order valence-electron chi connectivity index (χ2n) is 4.31. The number of para-hydroxylation sites is 1. The number of carbonyl (C=O) groups is 1. The summed E-state index contributed by atoms with van der Waals surface area (Å²) in [6.45, 7) is 2.38. The Hall–Kier alpha value is -2.49. The fourth-order valence-corrected chi connectivity index (χ4v) is 1.92. The third-order valence-electron chi connectivity index (χ3n) is 2.94. The Morgan fingerprint density at radius 2 is 1.95 bits per heavy atom. The Morgan fingerprint density at radius 3 is 2.65 bits per heavy atom. The monoisotopic (exact) mass is 271 g/mol. The standard InChI is InChI=1S/C16H17NO3/c1-3-20-15-10-5-4-9-14(15)16(19)17(2)12-7-6-8-13(18)11-12/h4-11,18H,3H2,1-2H3. The lowest BCUT2D eigenvalue weighted by atomic mass is 10.1. The van der Waals surface area contributed by atoms with E-state index >= 15 is 0 Å². The Labute approximate surface area is 118 Å². The van der Waals surface area contributed by atoms with Gasteiger partial charge in [-0.15, -0.1) is 0 Å². The molecule has 0 bridgehead atoms. The van der Waals surface area contributed by atoms with Crippen LogP contribution in [0.2, 0.25) is 0 Å². The highest BCUT2D eigenvalue weighted by Crippen LogP contribution is 2.24. The third kappa shape index (κ3) is 2.91. The molecule has 20 heavy (non-hydrogen) atoms. The first-order chi connectivity index (χ1) is 9.63. The van der Waals surface area contributed by atoms with Gasteiger partial charge < -0.3 is 14.7 Å². The SMILES string of the molecule is CCOc1ccccc1C(=O)N(C)c1cccc(O)c1. The van der Waals surface area contributed by atoms with Gasteiger partial charge in [-0.05, 0) is 31.2 Å². The molecular formula is C16H17NO3. The molecule has 2 rings (SSSR count). The maximum Gasteiger partial charge on any atom is 0.261 e. The number of carbonyl (C=O) groups excluding carboxylic acids is 1. The van der Waals surface area contributed by atoms with E-state index in [2.05, 4.69) is 0 Å². The molecular weight excluding hydrogens is 254 g/mol. The van der Waals surface area contributed by atoms with Gasteiger partial charge in [0.25, 0.3) is 5.91 Å². The van der Waals surface area contributed by atoms with Crippen LogP contribution in [0.5, 0.6) is 11.5 Å². The lowest BCUT2D eigenvalue weighted by Gasteiger charge is -2.19. The number of phenols is 1. The fraction of sp³-hybridized carbons (Fsp3) is 0.188. The Morgan fingerprint density at radius 1 is 1.20 bits per heavy atom. The first-order valence-electron chi connectivity index (χ1n) is 6.42. The number of nitrogens with zero attached hydrogens (tertiary/aromatic N) is 1. The molecule has 2 aromatic carbocycles. The molecule has 0 atom stereocenters. The van der Waals surface area contributed by atoms with Gasteiger partial charge in [0.15, 0.2) is 0 Å². The van der Waals surface area contributed by atoms with Crippen molar-refractivity contribution in [2.75, 3.05) is 18.6 Å². The molecule has 1 amide bonds. The molecule has 104 valence electrons. The minimum Gasteiger partial charge on any atom is -0.508 e. The largest absolute Gasteiger partial charge is 0.508 e. The quantitative estimate of drug-likeness (QED) is 0.929. The molecule has 0 radical (unpaired) electrons. The van der Waals surface area contributed by atoms with Crippen molar-refractivity contribution in [1.82, 2.24) is 0 Å². The second-order valence-corrected chi connectivity index (χ2v) is 4.31. The van der Waals surface area contributed by atoms with Crippen LogP contribution < -0.4 is 9.64 Å². The van der Waals surface area contributed by atoms with Crippen molar-refractivity contribution in [3.05, 3.63) is 54.1 Å². The van der Waals surface area contributed by atoms with Gasteiger partial charge in [-0.3, -0.25) is 4.79 Å². The van der Waals surface area contributed by atoms with E-state index < -0.39 is 0 Å². The van der Waals surface area contributed by atoms with Crippen molar-refractivity contribution in [3.8, 4) is 11.5 Å². The third-order valence-corrected chi connectivity index (χ3v) is 2.94. The van der Waals surface area contributed by atoms with Crippen molar-refractivity contribution < 1.29 is 14.6 Å². The zero-order valence-corrected chi connectivity index (χ0v) is 11.5. The minimum atomic E-state index is -0.181. The van der Waals surface area contributed by atoms with Gasteiger partial charge in [-0.1, -0.05) is 18.2 Å². The highest BCUT2D eigenvalue weighted by molar-refractivity contribution is 6.07. The molecule has 1 N–H and O–H groups in total. The van der Waals surface area contributed by atoms with Gasteiger partial charge >= 0.3 is 0 Å². The van der Waals surface area contributed by atoms with E-state index in [1.807, 2.05) is 13.0 Å². The van der Waals surface area contributed by atoms with Crippen LogP contribution in [-0.2, 0) is 0 Å². The topological polar surface area (TPSA) is 49.8 Å². The Kier molecular flexibility index (Phi) is 4.25. The molecule has 0 saturated heterocycles.